The van der Waals surface area contributed by atoms with E-state index in [1.807, 2.05) is 18.2 Å². The molecule has 0 fully saturated rings. The molecule has 1 aromatic heterocycles. The van der Waals surface area contributed by atoms with E-state index in [1.54, 1.807) is 0 Å². The lowest BCUT2D eigenvalue weighted by Crippen LogP contribution is -2.01. The summed E-state index contributed by atoms with van der Waals surface area (Å²) in [6.45, 7) is 4.47. The largest absolute Gasteiger partial charge is 0.382 e. The van der Waals surface area contributed by atoms with E-state index >= 15 is 0 Å². The highest BCUT2D eigenvalue weighted by Gasteiger charge is 2.08. The van der Waals surface area contributed by atoms with Gasteiger partial charge in [-0.25, -0.2) is 0 Å². The van der Waals surface area contributed by atoms with E-state index in [2.05, 4.69) is 20.6 Å². The fraction of sp³-hybridized carbons (Fsp3) is 0.200. The maximum Gasteiger partial charge on any atom is 0.129 e. The number of nitrogens with zero attached hydrogens (tertiary/aromatic N) is 2. The Kier molecular flexibility index (Phi) is 3.18. The Labute approximate surface area is 97.1 Å². The number of aromatic nitrogens is 2. The SMILES string of the molecule is C=CCCNc1c(Cl)ccc2nsnc12. The van der Waals surface area contributed by atoms with Crippen molar-refractivity contribution in [1.82, 2.24) is 8.75 Å². The van der Waals surface area contributed by atoms with E-state index in [-0.39, 0.29) is 0 Å². The average Bonchev–Trinajstić information content (AvgIpc) is 2.69. The number of nitrogens with one attached hydrogen (secondary N) is 1. The number of rotatable bonds is 4. The summed E-state index contributed by atoms with van der Waals surface area (Å²) in [5, 5.41) is 3.92. The van der Waals surface area contributed by atoms with Crippen LogP contribution in [0.4, 0.5) is 5.69 Å². The topological polar surface area (TPSA) is 37.8 Å². The first kappa shape index (κ1) is 10.4. The lowest BCUT2D eigenvalue weighted by atomic mass is 10.2. The first-order chi connectivity index (χ1) is 7.33. The zero-order valence-corrected chi connectivity index (χ0v) is 9.61. The molecule has 0 bridgehead atoms. The minimum absolute atomic E-state index is 0.680. The number of anilines is 1. The molecular weight excluding hydrogens is 230 g/mol. The van der Waals surface area contributed by atoms with Gasteiger partial charge in [0.2, 0.25) is 0 Å². The molecule has 0 atom stereocenters. The highest BCUT2D eigenvalue weighted by Crippen LogP contribution is 2.29. The first-order valence-corrected chi connectivity index (χ1v) is 5.69. The molecule has 0 unspecified atom stereocenters. The van der Waals surface area contributed by atoms with Gasteiger partial charge >= 0.3 is 0 Å². The molecule has 78 valence electrons. The first-order valence-electron chi connectivity index (χ1n) is 4.58. The minimum Gasteiger partial charge on any atom is -0.382 e. The van der Waals surface area contributed by atoms with Crippen LogP contribution in [-0.2, 0) is 0 Å². The summed E-state index contributed by atoms with van der Waals surface area (Å²) in [6.07, 6.45) is 2.75. The summed E-state index contributed by atoms with van der Waals surface area (Å²) >= 11 is 7.28. The second-order valence-corrected chi connectivity index (χ2v) is 3.99. The number of hydrogen-bond acceptors (Lipinski definition) is 4. The lowest BCUT2D eigenvalue weighted by Gasteiger charge is -2.06. The van der Waals surface area contributed by atoms with Gasteiger partial charge in [-0.15, -0.1) is 6.58 Å². The zero-order chi connectivity index (χ0) is 10.7. The van der Waals surface area contributed by atoms with Crippen molar-refractivity contribution in [2.24, 2.45) is 0 Å². The van der Waals surface area contributed by atoms with E-state index in [0.29, 0.717) is 5.02 Å². The Morgan fingerprint density at radius 2 is 2.33 bits per heavy atom. The van der Waals surface area contributed by atoms with Crippen LogP contribution in [0.3, 0.4) is 0 Å². The van der Waals surface area contributed by atoms with Crippen LogP contribution in [0.25, 0.3) is 11.0 Å². The number of hydrogen-bond donors (Lipinski definition) is 1. The molecule has 0 saturated heterocycles. The van der Waals surface area contributed by atoms with Crippen molar-refractivity contribution >= 4 is 40.0 Å². The van der Waals surface area contributed by atoms with Gasteiger partial charge in [-0.2, -0.15) is 8.75 Å². The Hall–Kier alpha value is -1.13. The number of benzene rings is 1. The highest BCUT2D eigenvalue weighted by atomic mass is 35.5. The summed E-state index contributed by atoms with van der Waals surface area (Å²) in [5.41, 5.74) is 2.59. The van der Waals surface area contributed by atoms with Crippen LogP contribution in [0, 0.1) is 0 Å². The molecule has 0 aliphatic heterocycles. The summed E-state index contributed by atoms with van der Waals surface area (Å²) in [7, 11) is 0. The van der Waals surface area contributed by atoms with Crippen LogP contribution in [0.1, 0.15) is 6.42 Å². The van der Waals surface area contributed by atoms with Crippen LogP contribution in [0.2, 0.25) is 5.02 Å². The second-order valence-electron chi connectivity index (χ2n) is 3.06. The van der Waals surface area contributed by atoms with Crippen molar-refractivity contribution < 1.29 is 0 Å². The Bertz CT molecular complexity index is 480. The quantitative estimate of drug-likeness (QED) is 0.657. The molecule has 1 heterocycles. The van der Waals surface area contributed by atoms with Crippen molar-refractivity contribution in [2.75, 3.05) is 11.9 Å². The summed E-state index contributed by atoms with van der Waals surface area (Å²) in [4.78, 5) is 0. The molecule has 5 heteroatoms. The molecular formula is C10H10ClN3S. The molecule has 0 saturated carbocycles. The third-order valence-corrected chi connectivity index (χ3v) is 2.88. The van der Waals surface area contributed by atoms with Gasteiger partial charge in [-0.3, -0.25) is 0 Å². The summed E-state index contributed by atoms with van der Waals surface area (Å²) in [6, 6.07) is 3.71. The van der Waals surface area contributed by atoms with E-state index in [1.165, 1.54) is 11.7 Å². The normalized spacial score (nSPS) is 10.5. The number of halogens is 1. The fourth-order valence-corrected chi connectivity index (χ4v) is 2.06. The van der Waals surface area contributed by atoms with E-state index in [9.17, 15) is 0 Å². The molecule has 1 aromatic carbocycles. The smallest absolute Gasteiger partial charge is 0.129 e. The van der Waals surface area contributed by atoms with Crippen molar-refractivity contribution in [2.45, 2.75) is 6.42 Å². The molecule has 0 amide bonds. The van der Waals surface area contributed by atoms with Gasteiger partial charge in [0.1, 0.15) is 11.0 Å². The summed E-state index contributed by atoms with van der Waals surface area (Å²) in [5.74, 6) is 0. The molecule has 0 aliphatic carbocycles. The zero-order valence-electron chi connectivity index (χ0n) is 8.03. The van der Waals surface area contributed by atoms with Crippen molar-refractivity contribution in [1.29, 1.82) is 0 Å². The van der Waals surface area contributed by atoms with Crippen molar-refractivity contribution in [3.05, 3.63) is 29.8 Å². The Morgan fingerprint density at radius 1 is 1.47 bits per heavy atom. The standard InChI is InChI=1S/C10H10ClN3S/c1-2-3-6-12-9-7(11)4-5-8-10(9)14-15-13-8/h2,4-5,12H,1,3,6H2. The molecule has 3 nitrogen and oxygen atoms in total. The third-order valence-electron chi connectivity index (χ3n) is 2.03. The van der Waals surface area contributed by atoms with Crippen LogP contribution in [0.5, 0.6) is 0 Å². The molecule has 0 aliphatic rings. The van der Waals surface area contributed by atoms with Crippen molar-refractivity contribution in [3.63, 3.8) is 0 Å². The van der Waals surface area contributed by atoms with Gasteiger partial charge in [0.05, 0.1) is 22.4 Å². The van der Waals surface area contributed by atoms with Gasteiger partial charge in [0.25, 0.3) is 0 Å². The second kappa shape index (κ2) is 4.59. The van der Waals surface area contributed by atoms with Crippen LogP contribution >= 0.6 is 23.3 Å². The Morgan fingerprint density at radius 3 is 3.13 bits per heavy atom. The van der Waals surface area contributed by atoms with Gasteiger partial charge < -0.3 is 5.32 Å². The van der Waals surface area contributed by atoms with E-state index < -0.39 is 0 Å². The molecule has 1 N–H and O–H groups in total. The molecule has 15 heavy (non-hydrogen) atoms. The van der Waals surface area contributed by atoms with Crippen LogP contribution in [-0.4, -0.2) is 15.3 Å². The monoisotopic (exact) mass is 239 g/mol. The van der Waals surface area contributed by atoms with Crippen LogP contribution in [0.15, 0.2) is 24.8 Å². The van der Waals surface area contributed by atoms with Gasteiger partial charge in [-0.1, -0.05) is 17.7 Å². The van der Waals surface area contributed by atoms with Gasteiger partial charge in [0, 0.05) is 6.54 Å². The van der Waals surface area contributed by atoms with E-state index in [4.69, 9.17) is 11.6 Å². The van der Waals surface area contributed by atoms with Crippen LogP contribution < -0.4 is 5.32 Å². The van der Waals surface area contributed by atoms with Crippen molar-refractivity contribution in [3.8, 4) is 0 Å². The molecule has 0 spiro atoms. The summed E-state index contributed by atoms with van der Waals surface area (Å²) < 4.78 is 8.38. The fourth-order valence-electron chi connectivity index (χ4n) is 1.29. The minimum atomic E-state index is 0.680. The van der Waals surface area contributed by atoms with E-state index in [0.717, 1.165) is 29.7 Å². The third kappa shape index (κ3) is 2.11. The lowest BCUT2D eigenvalue weighted by molar-refractivity contribution is 1.07. The molecule has 2 aromatic rings. The molecule has 2 rings (SSSR count). The maximum atomic E-state index is 6.09. The average molecular weight is 240 g/mol. The predicted molar refractivity (Wildman–Crippen MR) is 65.7 cm³/mol. The highest BCUT2D eigenvalue weighted by molar-refractivity contribution is 7.00. The Balaban J connectivity index is 2.34. The predicted octanol–water partition coefficient (Wildman–Crippen LogP) is 3.33. The molecule has 0 radical (unpaired) electrons. The maximum absolute atomic E-state index is 6.09. The van der Waals surface area contributed by atoms with Gasteiger partial charge in [0.15, 0.2) is 0 Å². The van der Waals surface area contributed by atoms with Gasteiger partial charge in [-0.05, 0) is 18.6 Å². The number of fused-ring (bicyclic) bond motifs is 1.